The minimum atomic E-state index is -0.181. The molecule has 2 atom stereocenters. The van der Waals surface area contributed by atoms with Gasteiger partial charge < -0.3 is 14.8 Å². The molecule has 1 aliphatic rings. The van der Waals surface area contributed by atoms with Crippen molar-refractivity contribution in [1.82, 2.24) is 0 Å². The van der Waals surface area contributed by atoms with E-state index in [9.17, 15) is 4.79 Å². The zero-order valence-corrected chi connectivity index (χ0v) is 10.3. The van der Waals surface area contributed by atoms with Crippen molar-refractivity contribution >= 4 is 11.7 Å². The number of anilines is 1. The molecule has 0 saturated carbocycles. The van der Waals surface area contributed by atoms with Crippen molar-refractivity contribution in [2.24, 2.45) is 0 Å². The van der Waals surface area contributed by atoms with Gasteiger partial charge >= 0.3 is 5.97 Å². The van der Waals surface area contributed by atoms with E-state index in [1.807, 2.05) is 18.2 Å². The van der Waals surface area contributed by atoms with E-state index < -0.39 is 0 Å². The first-order valence-corrected chi connectivity index (χ1v) is 5.67. The molecule has 0 spiro atoms. The Balaban J connectivity index is 2.28. The maximum absolute atomic E-state index is 11.4. The summed E-state index contributed by atoms with van der Waals surface area (Å²) in [7, 11) is 3.06. The van der Waals surface area contributed by atoms with Crippen LogP contribution < -0.4 is 10.1 Å². The minimum Gasteiger partial charge on any atom is -0.497 e. The molecule has 1 aromatic carbocycles. The highest BCUT2D eigenvalue weighted by atomic mass is 16.5. The van der Waals surface area contributed by atoms with E-state index in [0.717, 1.165) is 17.0 Å². The van der Waals surface area contributed by atoms with Crippen LogP contribution >= 0.6 is 0 Å². The number of ether oxygens (including phenoxy) is 2. The average Bonchev–Trinajstić information content (AvgIpc) is 2.65. The summed E-state index contributed by atoms with van der Waals surface area (Å²) in [6, 6.07) is 6.12. The summed E-state index contributed by atoms with van der Waals surface area (Å²) in [5, 5.41) is 3.36. The predicted octanol–water partition coefficient (Wildman–Crippen LogP) is 2.16. The lowest BCUT2D eigenvalue weighted by atomic mass is 9.92. The van der Waals surface area contributed by atoms with Gasteiger partial charge in [0.05, 0.1) is 20.6 Å². The zero-order valence-electron chi connectivity index (χ0n) is 10.3. The van der Waals surface area contributed by atoms with E-state index in [0.29, 0.717) is 6.42 Å². The van der Waals surface area contributed by atoms with Crippen LogP contribution in [-0.2, 0) is 9.53 Å². The quantitative estimate of drug-likeness (QED) is 0.815. The number of rotatable bonds is 3. The molecule has 2 rings (SSSR count). The molecule has 0 radical (unpaired) electrons. The van der Waals surface area contributed by atoms with Crippen LogP contribution in [-0.4, -0.2) is 26.2 Å². The topological polar surface area (TPSA) is 47.6 Å². The van der Waals surface area contributed by atoms with Crippen molar-refractivity contribution in [3.8, 4) is 5.75 Å². The highest BCUT2D eigenvalue weighted by Crippen LogP contribution is 2.39. The molecule has 1 heterocycles. The summed E-state index contributed by atoms with van der Waals surface area (Å²) in [4.78, 5) is 11.4. The molecule has 0 unspecified atom stereocenters. The van der Waals surface area contributed by atoms with Crippen LogP contribution in [0.3, 0.4) is 0 Å². The van der Waals surface area contributed by atoms with Crippen molar-refractivity contribution in [2.45, 2.75) is 25.3 Å². The number of hydrogen-bond acceptors (Lipinski definition) is 4. The summed E-state index contributed by atoms with van der Waals surface area (Å²) in [6.45, 7) is 2.07. The predicted molar refractivity (Wildman–Crippen MR) is 65.5 cm³/mol. The third-order valence-corrected chi connectivity index (χ3v) is 3.26. The van der Waals surface area contributed by atoms with Crippen LogP contribution in [0.4, 0.5) is 5.69 Å². The van der Waals surface area contributed by atoms with E-state index in [2.05, 4.69) is 12.2 Å². The summed E-state index contributed by atoms with van der Waals surface area (Å²) in [6.07, 6.45) is 0.394. The van der Waals surface area contributed by atoms with Gasteiger partial charge in [-0.2, -0.15) is 0 Å². The van der Waals surface area contributed by atoms with Gasteiger partial charge in [-0.1, -0.05) is 0 Å². The first-order chi connectivity index (χ1) is 8.15. The Bertz CT molecular complexity index is 431. The lowest BCUT2D eigenvalue weighted by molar-refractivity contribution is -0.141. The highest BCUT2D eigenvalue weighted by molar-refractivity contribution is 5.73. The third-order valence-electron chi connectivity index (χ3n) is 3.26. The van der Waals surface area contributed by atoms with Crippen molar-refractivity contribution in [1.29, 1.82) is 0 Å². The number of carbonyl (C=O) groups excluding carboxylic acids is 1. The fraction of sp³-hybridized carbons (Fsp3) is 0.462. The van der Waals surface area contributed by atoms with Crippen LogP contribution in [0.15, 0.2) is 18.2 Å². The Morgan fingerprint density at radius 3 is 2.82 bits per heavy atom. The summed E-state index contributed by atoms with van der Waals surface area (Å²) in [5.74, 6) is 0.779. The largest absolute Gasteiger partial charge is 0.497 e. The monoisotopic (exact) mass is 235 g/mol. The summed E-state index contributed by atoms with van der Waals surface area (Å²) < 4.78 is 9.94. The maximum atomic E-state index is 11.4. The second kappa shape index (κ2) is 4.65. The average molecular weight is 235 g/mol. The lowest BCUT2D eigenvalue weighted by Gasteiger charge is -2.14. The number of methoxy groups -OCH3 is 2. The van der Waals surface area contributed by atoms with E-state index in [1.54, 1.807) is 7.11 Å². The Hall–Kier alpha value is -1.71. The van der Waals surface area contributed by atoms with E-state index >= 15 is 0 Å². The highest BCUT2D eigenvalue weighted by Gasteiger charge is 2.31. The molecule has 0 aliphatic carbocycles. The van der Waals surface area contributed by atoms with Gasteiger partial charge in [0, 0.05) is 17.6 Å². The fourth-order valence-corrected chi connectivity index (χ4v) is 2.27. The van der Waals surface area contributed by atoms with Crippen LogP contribution in [0, 0.1) is 0 Å². The molecular formula is C13H17NO3. The second-order valence-corrected chi connectivity index (χ2v) is 4.27. The number of fused-ring (bicyclic) bond motifs is 1. The van der Waals surface area contributed by atoms with Crippen LogP contribution in [0.2, 0.25) is 0 Å². The molecule has 1 aliphatic heterocycles. The molecule has 92 valence electrons. The van der Waals surface area contributed by atoms with Gasteiger partial charge in [0.25, 0.3) is 0 Å². The lowest BCUT2D eigenvalue weighted by Crippen LogP contribution is -2.19. The maximum Gasteiger partial charge on any atom is 0.306 e. The van der Waals surface area contributed by atoms with Gasteiger partial charge in [-0.25, -0.2) is 0 Å². The normalized spacial score (nSPS) is 21.6. The Morgan fingerprint density at radius 2 is 2.18 bits per heavy atom. The number of benzene rings is 1. The molecule has 0 aromatic heterocycles. The van der Waals surface area contributed by atoms with Crippen LogP contribution in [0.25, 0.3) is 0 Å². The fourth-order valence-electron chi connectivity index (χ4n) is 2.27. The Kier molecular flexibility index (Phi) is 3.22. The molecule has 0 bridgehead atoms. The molecule has 1 aromatic rings. The van der Waals surface area contributed by atoms with E-state index in [-0.39, 0.29) is 17.9 Å². The van der Waals surface area contributed by atoms with Crippen molar-refractivity contribution in [2.75, 3.05) is 19.5 Å². The van der Waals surface area contributed by atoms with Gasteiger partial charge in [-0.05, 0) is 30.7 Å². The number of esters is 1. The third kappa shape index (κ3) is 2.20. The van der Waals surface area contributed by atoms with Crippen molar-refractivity contribution < 1.29 is 14.3 Å². The van der Waals surface area contributed by atoms with E-state index in [1.165, 1.54) is 7.11 Å². The minimum absolute atomic E-state index is 0.146. The van der Waals surface area contributed by atoms with Crippen molar-refractivity contribution in [3.05, 3.63) is 23.8 Å². The van der Waals surface area contributed by atoms with Crippen LogP contribution in [0.1, 0.15) is 24.8 Å². The van der Waals surface area contributed by atoms with Gasteiger partial charge in [0.2, 0.25) is 0 Å². The smallest absolute Gasteiger partial charge is 0.306 e. The Morgan fingerprint density at radius 1 is 1.41 bits per heavy atom. The molecule has 4 heteroatoms. The SMILES string of the molecule is COC(=O)C[C@H]1c2cc(OC)ccc2N[C@@H]1C. The van der Waals surface area contributed by atoms with E-state index in [4.69, 9.17) is 9.47 Å². The molecule has 0 saturated heterocycles. The second-order valence-electron chi connectivity index (χ2n) is 4.27. The number of hydrogen-bond donors (Lipinski definition) is 1. The van der Waals surface area contributed by atoms with Gasteiger partial charge in [-0.15, -0.1) is 0 Å². The standard InChI is InChI=1S/C13H17NO3/c1-8-10(7-13(15)17-3)11-6-9(16-2)4-5-12(11)14-8/h4-6,8,10,14H,7H2,1-3H3/t8-,10-/m1/s1. The first kappa shape index (κ1) is 11.8. The summed E-state index contributed by atoms with van der Waals surface area (Å²) >= 11 is 0. The van der Waals surface area contributed by atoms with Gasteiger partial charge in [-0.3, -0.25) is 4.79 Å². The Labute approximate surface area is 101 Å². The van der Waals surface area contributed by atoms with Crippen LogP contribution in [0.5, 0.6) is 5.75 Å². The zero-order chi connectivity index (χ0) is 12.4. The number of carbonyl (C=O) groups is 1. The van der Waals surface area contributed by atoms with Crippen molar-refractivity contribution in [3.63, 3.8) is 0 Å². The molecule has 17 heavy (non-hydrogen) atoms. The van der Waals surface area contributed by atoms with Gasteiger partial charge in [0.1, 0.15) is 5.75 Å². The number of nitrogens with one attached hydrogen (secondary N) is 1. The molecular weight excluding hydrogens is 218 g/mol. The van der Waals surface area contributed by atoms with Gasteiger partial charge in [0.15, 0.2) is 0 Å². The first-order valence-electron chi connectivity index (χ1n) is 5.67. The molecule has 0 amide bonds. The molecule has 1 N–H and O–H groups in total. The molecule has 4 nitrogen and oxygen atoms in total. The molecule has 0 fully saturated rings. The summed E-state index contributed by atoms with van der Waals surface area (Å²) in [5.41, 5.74) is 2.20.